The van der Waals surface area contributed by atoms with Crippen molar-refractivity contribution in [3.8, 4) is 0 Å². The summed E-state index contributed by atoms with van der Waals surface area (Å²) >= 11 is 5.84. The Bertz CT molecular complexity index is 1160. The van der Waals surface area contributed by atoms with Crippen molar-refractivity contribution < 1.29 is 14.4 Å². The van der Waals surface area contributed by atoms with Gasteiger partial charge in [0.1, 0.15) is 0 Å². The molecule has 0 saturated carbocycles. The number of pyridine rings is 1. The van der Waals surface area contributed by atoms with Crippen LogP contribution >= 0.6 is 11.6 Å². The second kappa shape index (κ2) is 8.73. The largest absolute Gasteiger partial charge is 0.366 e. The second-order valence-corrected chi connectivity index (χ2v) is 7.96. The van der Waals surface area contributed by atoms with E-state index in [1.54, 1.807) is 53.6 Å². The number of rotatable bonds is 3. The highest BCUT2D eigenvalue weighted by Gasteiger charge is 2.28. The Morgan fingerprint density at radius 2 is 1.74 bits per heavy atom. The zero-order chi connectivity index (χ0) is 22.0. The van der Waals surface area contributed by atoms with Crippen LogP contribution in [0.15, 0.2) is 54.7 Å². The van der Waals surface area contributed by atoms with Gasteiger partial charge < -0.3 is 16.0 Å². The number of aromatic nitrogens is 1. The minimum absolute atomic E-state index is 0.192. The van der Waals surface area contributed by atoms with Gasteiger partial charge in [-0.1, -0.05) is 11.6 Å². The first-order valence-electron chi connectivity index (χ1n) is 9.96. The summed E-state index contributed by atoms with van der Waals surface area (Å²) in [6.45, 7) is 0.938. The number of nitrogens with one attached hydrogen (secondary N) is 1. The summed E-state index contributed by atoms with van der Waals surface area (Å²) in [6, 6.07) is 13.8. The Kier molecular flexibility index (Phi) is 5.86. The molecular formula is C23H21ClN4O3. The lowest BCUT2D eigenvalue weighted by Crippen LogP contribution is -2.43. The number of hydrogen-bond acceptors (Lipinski definition) is 4. The molecule has 0 atom stereocenters. The summed E-state index contributed by atoms with van der Waals surface area (Å²) in [5, 5.41) is 4.06. The van der Waals surface area contributed by atoms with Crippen LogP contribution in [-0.2, 0) is 9.59 Å². The predicted octanol–water partition coefficient (Wildman–Crippen LogP) is 3.33. The number of fused-ring (bicyclic) bond motifs is 1. The standard InChI is InChI=1S/C23H21ClN4O3/c24-16-2-4-17(5-3-16)27-22(30)23(31)28-11-8-14(9-12-28)18-7-10-26-20-6-1-15(21(25)29)13-19(18)20/h1-7,10,13-14H,8-9,11-12H2,(H2,25,29)(H,27,30). The first-order chi connectivity index (χ1) is 14.9. The maximum atomic E-state index is 12.6. The molecule has 0 unspecified atom stereocenters. The van der Waals surface area contributed by atoms with Crippen molar-refractivity contribution in [2.45, 2.75) is 18.8 Å². The average molecular weight is 437 g/mol. The first-order valence-corrected chi connectivity index (χ1v) is 10.3. The van der Waals surface area contributed by atoms with Gasteiger partial charge in [0.15, 0.2) is 0 Å². The summed E-state index contributed by atoms with van der Waals surface area (Å²) in [7, 11) is 0. The van der Waals surface area contributed by atoms with Crippen molar-refractivity contribution in [3.63, 3.8) is 0 Å². The molecule has 4 rings (SSSR count). The van der Waals surface area contributed by atoms with E-state index in [4.69, 9.17) is 17.3 Å². The number of nitrogens with zero attached hydrogens (tertiary/aromatic N) is 2. The lowest BCUT2D eigenvalue weighted by Gasteiger charge is -2.32. The molecule has 8 heteroatoms. The van der Waals surface area contributed by atoms with Crippen molar-refractivity contribution in [1.29, 1.82) is 0 Å². The number of carbonyl (C=O) groups is 3. The fourth-order valence-corrected chi connectivity index (χ4v) is 4.06. The molecular weight excluding hydrogens is 416 g/mol. The van der Waals surface area contributed by atoms with E-state index in [1.807, 2.05) is 6.07 Å². The number of piperidine rings is 1. The van der Waals surface area contributed by atoms with E-state index in [1.165, 1.54) is 0 Å². The molecule has 1 fully saturated rings. The number of amides is 3. The summed E-state index contributed by atoms with van der Waals surface area (Å²) in [6.07, 6.45) is 3.17. The molecule has 0 radical (unpaired) electrons. The molecule has 1 saturated heterocycles. The van der Waals surface area contributed by atoms with E-state index < -0.39 is 17.7 Å². The maximum absolute atomic E-state index is 12.6. The first kappa shape index (κ1) is 20.8. The van der Waals surface area contributed by atoms with E-state index in [9.17, 15) is 14.4 Å². The molecule has 31 heavy (non-hydrogen) atoms. The number of anilines is 1. The van der Waals surface area contributed by atoms with Crippen molar-refractivity contribution >= 4 is 45.9 Å². The number of hydrogen-bond donors (Lipinski definition) is 2. The van der Waals surface area contributed by atoms with Gasteiger partial charge in [0.25, 0.3) is 0 Å². The smallest absolute Gasteiger partial charge is 0.313 e. The number of carbonyl (C=O) groups excluding carboxylic acids is 3. The topological polar surface area (TPSA) is 105 Å². The Hall–Kier alpha value is -3.45. The van der Waals surface area contributed by atoms with Gasteiger partial charge in [0.2, 0.25) is 5.91 Å². The Morgan fingerprint density at radius 3 is 2.42 bits per heavy atom. The highest BCUT2D eigenvalue weighted by atomic mass is 35.5. The van der Waals surface area contributed by atoms with E-state index in [0.29, 0.717) is 42.2 Å². The molecule has 0 aliphatic carbocycles. The third kappa shape index (κ3) is 4.51. The van der Waals surface area contributed by atoms with E-state index in [-0.39, 0.29) is 5.92 Å². The van der Waals surface area contributed by atoms with Crippen LogP contribution in [0.4, 0.5) is 5.69 Å². The highest BCUT2D eigenvalue weighted by Crippen LogP contribution is 2.33. The van der Waals surface area contributed by atoms with Crippen LogP contribution in [0, 0.1) is 0 Å². The highest BCUT2D eigenvalue weighted by molar-refractivity contribution is 6.39. The van der Waals surface area contributed by atoms with E-state index >= 15 is 0 Å². The molecule has 1 aliphatic rings. The normalized spacial score (nSPS) is 14.4. The fourth-order valence-electron chi connectivity index (χ4n) is 3.93. The lowest BCUT2D eigenvalue weighted by molar-refractivity contribution is -0.143. The van der Waals surface area contributed by atoms with Gasteiger partial charge in [-0.3, -0.25) is 19.4 Å². The molecule has 0 bridgehead atoms. The van der Waals surface area contributed by atoms with Crippen molar-refractivity contribution in [1.82, 2.24) is 9.88 Å². The quantitative estimate of drug-likeness (QED) is 0.614. The SMILES string of the molecule is NC(=O)c1ccc2nccc(C3CCN(C(=O)C(=O)Nc4ccc(Cl)cc4)CC3)c2c1. The lowest BCUT2D eigenvalue weighted by atomic mass is 9.87. The molecule has 2 heterocycles. The third-order valence-corrected chi connectivity index (χ3v) is 5.83. The average Bonchev–Trinajstić information content (AvgIpc) is 2.79. The van der Waals surface area contributed by atoms with Gasteiger partial charge in [0.05, 0.1) is 5.52 Å². The molecule has 2 aromatic carbocycles. The fraction of sp³-hybridized carbons (Fsp3) is 0.217. The van der Waals surface area contributed by atoms with Crippen molar-refractivity contribution in [3.05, 3.63) is 70.9 Å². The number of benzene rings is 2. The molecule has 3 N–H and O–H groups in total. The van der Waals surface area contributed by atoms with Crippen LogP contribution in [0.2, 0.25) is 5.02 Å². The second-order valence-electron chi connectivity index (χ2n) is 7.52. The van der Waals surface area contributed by atoms with Gasteiger partial charge >= 0.3 is 11.8 Å². The summed E-state index contributed by atoms with van der Waals surface area (Å²) in [5.41, 5.74) is 8.26. The van der Waals surface area contributed by atoms with Crippen molar-refractivity contribution in [2.24, 2.45) is 5.73 Å². The molecule has 0 spiro atoms. The zero-order valence-corrected chi connectivity index (χ0v) is 17.4. The number of halogens is 1. The monoisotopic (exact) mass is 436 g/mol. The van der Waals surface area contributed by atoms with E-state index in [2.05, 4.69) is 10.3 Å². The Balaban J connectivity index is 1.44. The van der Waals surface area contributed by atoms with Gasteiger partial charge in [-0.05, 0) is 72.9 Å². The van der Waals surface area contributed by atoms with E-state index in [0.717, 1.165) is 16.5 Å². The summed E-state index contributed by atoms with van der Waals surface area (Å²) in [5.74, 6) is -1.51. The Labute approximate surface area is 184 Å². The molecule has 1 aliphatic heterocycles. The minimum atomic E-state index is -0.666. The Morgan fingerprint density at radius 1 is 1.03 bits per heavy atom. The van der Waals surface area contributed by atoms with Gasteiger partial charge in [-0.2, -0.15) is 0 Å². The molecule has 3 aromatic rings. The zero-order valence-electron chi connectivity index (χ0n) is 16.7. The number of primary amides is 1. The molecule has 1 aromatic heterocycles. The van der Waals surface area contributed by atoms with Crippen LogP contribution in [0.25, 0.3) is 10.9 Å². The molecule has 3 amide bonds. The van der Waals surface area contributed by atoms with Crippen LogP contribution in [0.5, 0.6) is 0 Å². The van der Waals surface area contributed by atoms with Crippen LogP contribution in [0.3, 0.4) is 0 Å². The third-order valence-electron chi connectivity index (χ3n) is 5.58. The molecule has 158 valence electrons. The number of nitrogens with two attached hydrogens (primary N) is 1. The summed E-state index contributed by atoms with van der Waals surface area (Å²) < 4.78 is 0. The van der Waals surface area contributed by atoms with Gasteiger partial charge in [0, 0.05) is 40.9 Å². The van der Waals surface area contributed by atoms with Crippen LogP contribution < -0.4 is 11.1 Å². The summed E-state index contributed by atoms with van der Waals surface area (Å²) in [4.78, 5) is 42.4. The van der Waals surface area contributed by atoms with Crippen molar-refractivity contribution in [2.75, 3.05) is 18.4 Å². The number of likely N-dealkylation sites (tertiary alicyclic amines) is 1. The van der Waals surface area contributed by atoms with Crippen LogP contribution in [-0.4, -0.2) is 40.7 Å². The van der Waals surface area contributed by atoms with Crippen LogP contribution in [0.1, 0.15) is 34.7 Å². The van der Waals surface area contributed by atoms with Gasteiger partial charge in [-0.25, -0.2) is 0 Å². The maximum Gasteiger partial charge on any atom is 0.313 e. The van der Waals surface area contributed by atoms with Gasteiger partial charge in [-0.15, -0.1) is 0 Å². The minimum Gasteiger partial charge on any atom is -0.366 e. The predicted molar refractivity (Wildman–Crippen MR) is 119 cm³/mol. The molecule has 7 nitrogen and oxygen atoms in total.